The zero-order valence-electron chi connectivity index (χ0n) is 15.2. The maximum atomic E-state index is 12.2. The molecule has 1 unspecified atom stereocenters. The second-order valence-electron chi connectivity index (χ2n) is 5.56. The minimum atomic E-state index is -0.923. The number of halogens is 1. The summed E-state index contributed by atoms with van der Waals surface area (Å²) in [7, 11) is 3.11. The lowest BCUT2D eigenvalue weighted by Gasteiger charge is -2.11. The summed E-state index contributed by atoms with van der Waals surface area (Å²) < 4.78 is 11.1. The Morgan fingerprint density at radius 3 is 2.41 bits per heavy atom. The summed E-state index contributed by atoms with van der Waals surface area (Å²) in [6, 6.07) is 12.2. The van der Waals surface area contributed by atoms with Crippen LogP contribution in [0.25, 0.3) is 0 Å². The van der Waals surface area contributed by atoms with Crippen molar-refractivity contribution in [2.24, 2.45) is 11.0 Å². The van der Waals surface area contributed by atoms with Crippen LogP contribution in [0.4, 0.5) is 5.69 Å². The molecule has 2 amide bonds. The quantitative estimate of drug-likeness (QED) is 0.398. The van der Waals surface area contributed by atoms with E-state index in [2.05, 4.69) is 31.8 Å². The molecule has 0 aliphatic carbocycles. The van der Waals surface area contributed by atoms with Gasteiger partial charge in [0, 0.05) is 15.7 Å². The van der Waals surface area contributed by atoms with Crippen LogP contribution in [0.3, 0.4) is 0 Å². The SMILES string of the molecule is COc1ccc(NC(=O)C(C)C(=O)NN=Cc2cc(Br)ccc2OC)cc1. The summed E-state index contributed by atoms with van der Waals surface area (Å²) in [5.74, 6) is -0.592. The molecule has 1 atom stereocenters. The van der Waals surface area contributed by atoms with Crippen molar-refractivity contribution >= 4 is 39.6 Å². The average molecular weight is 434 g/mol. The molecule has 7 nitrogen and oxygen atoms in total. The van der Waals surface area contributed by atoms with Crippen molar-refractivity contribution in [3.05, 3.63) is 52.5 Å². The number of rotatable bonds is 7. The molecule has 0 aliphatic rings. The van der Waals surface area contributed by atoms with Gasteiger partial charge in [-0.2, -0.15) is 5.10 Å². The zero-order chi connectivity index (χ0) is 19.8. The molecule has 142 valence electrons. The van der Waals surface area contributed by atoms with Gasteiger partial charge in [0.1, 0.15) is 17.4 Å². The fourth-order valence-electron chi connectivity index (χ4n) is 2.11. The third-order valence-electron chi connectivity index (χ3n) is 3.71. The van der Waals surface area contributed by atoms with Crippen LogP contribution in [0.15, 0.2) is 52.0 Å². The Hall–Kier alpha value is -2.87. The highest BCUT2D eigenvalue weighted by atomic mass is 79.9. The van der Waals surface area contributed by atoms with Gasteiger partial charge in [-0.15, -0.1) is 0 Å². The first-order valence-corrected chi connectivity index (χ1v) is 8.85. The number of hydrazone groups is 1. The van der Waals surface area contributed by atoms with Crippen LogP contribution < -0.4 is 20.2 Å². The Balaban J connectivity index is 1.94. The number of benzene rings is 2. The molecule has 0 heterocycles. The van der Waals surface area contributed by atoms with E-state index in [0.717, 1.165) is 4.47 Å². The van der Waals surface area contributed by atoms with Crippen LogP contribution in [0.2, 0.25) is 0 Å². The summed E-state index contributed by atoms with van der Waals surface area (Å²) in [4.78, 5) is 24.3. The number of hydrogen-bond acceptors (Lipinski definition) is 5. The molecule has 0 fully saturated rings. The fourth-order valence-corrected chi connectivity index (χ4v) is 2.49. The number of hydrogen-bond donors (Lipinski definition) is 2. The Bertz CT molecular complexity index is 837. The largest absolute Gasteiger partial charge is 0.497 e. The van der Waals surface area contributed by atoms with E-state index in [1.807, 2.05) is 6.07 Å². The van der Waals surface area contributed by atoms with E-state index < -0.39 is 17.7 Å². The first-order chi connectivity index (χ1) is 12.9. The molecule has 2 aromatic rings. The Labute approximate surface area is 165 Å². The number of ether oxygens (including phenoxy) is 2. The highest BCUT2D eigenvalue weighted by Crippen LogP contribution is 2.21. The maximum Gasteiger partial charge on any atom is 0.252 e. The molecule has 0 aliphatic heterocycles. The van der Waals surface area contributed by atoms with Gasteiger partial charge in [0.15, 0.2) is 0 Å². The number of amides is 2. The summed E-state index contributed by atoms with van der Waals surface area (Å²) >= 11 is 3.36. The van der Waals surface area contributed by atoms with Crippen molar-refractivity contribution in [2.75, 3.05) is 19.5 Å². The van der Waals surface area contributed by atoms with Crippen LogP contribution >= 0.6 is 15.9 Å². The van der Waals surface area contributed by atoms with Crippen molar-refractivity contribution in [3.63, 3.8) is 0 Å². The highest BCUT2D eigenvalue weighted by molar-refractivity contribution is 9.10. The Kier molecular flexibility index (Phi) is 7.36. The van der Waals surface area contributed by atoms with Gasteiger partial charge in [-0.05, 0) is 49.4 Å². The second kappa shape index (κ2) is 9.72. The van der Waals surface area contributed by atoms with E-state index in [1.165, 1.54) is 13.1 Å². The summed E-state index contributed by atoms with van der Waals surface area (Å²) in [6.07, 6.45) is 1.45. The third-order valence-corrected chi connectivity index (χ3v) is 4.21. The minimum Gasteiger partial charge on any atom is -0.497 e. The third kappa shape index (κ3) is 5.82. The molecule has 2 rings (SSSR count). The molecule has 8 heteroatoms. The molecule has 0 bridgehead atoms. The van der Waals surface area contributed by atoms with Crippen LogP contribution in [0.1, 0.15) is 12.5 Å². The predicted molar refractivity (Wildman–Crippen MR) is 107 cm³/mol. The zero-order valence-corrected chi connectivity index (χ0v) is 16.7. The van der Waals surface area contributed by atoms with Gasteiger partial charge in [-0.25, -0.2) is 5.43 Å². The lowest BCUT2D eigenvalue weighted by molar-refractivity contribution is -0.131. The van der Waals surface area contributed by atoms with Crippen LogP contribution in [0.5, 0.6) is 11.5 Å². The van der Waals surface area contributed by atoms with E-state index in [4.69, 9.17) is 9.47 Å². The summed E-state index contributed by atoms with van der Waals surface area (Å²) in [5, 5.41) is 6.58. The molecular weight excluding hydrogens is 414 g/mol. The fraction of sp³-hybridized carbons (Fsp3) is 0.211. The van der Waals surface area contributed by atoms with E-state index in [1.54, 1.807) is 50.6 Å². The number of carbonyl (C=O) groups is 2. The number of anilines is 1. The average Bonchev–Trinajstić information content (AvgIpc) is 2.68. The standard InChI is InChI=1S/C19H20BrN3O4/c1-12(18(24)22-15-5-7-16(26-2)8-6-15)19(25)23-21-11-13-10-14(20)4-9-17(13)27-3/h4-12H,1-3H3,(H,22,24)(H,23,25). The van der Waals surface area contributed by atoms with Crippen molar-refractivity contribution in [3.8, 4) is 11.5 Å². The normalized spacial score (nSPS) is 11.7. The summed E-state index contributed by atoms with van der Waals surface area (Å²) in [5.41, 5.74) is 3.62. The van der Waals surface area contributed by atoms with E-state index in [0.29, 0.717) is 22.7 Å². The van der Waals surface area contributed by atoms with Gasteiger partial charge in [-0.1, -0.05) is 15.9 Å². The van der Waals surface area contributed by atoms with E-state index in [9.17, 15) is 9.59 Å². The van der Waals surface area contributed by atoms with Gasteiger partial charge >= 0.3 is 0 Å². The molecule has 0 saturated heterocycles. The van der Waals surface area contributed by atoms with Gasteiger partial charge in [0.2, 0.25) is 5.91 Å². The second-order valence-corrected chi connectivity index (χ2v) is 6.48. The molecule has 0 spiro atoms. The summed E-state index contributed by atoms with van der Waals surface area (Å²) in [6.45, 7) is 1.50. The minimum absolute atomic E-state index is 0.437. The highest BCUT2D eigenvalue weighted by Gasteiger charge is 2.21. The Morgan fingerprint density at radius 2 is 1.78 bits per heavy atom. The maximum absolute atomic E-state index is 12.2. The molecule has 2 N–H and O–H groups in total. The molecule has 0 aromatic heterocycles. The van der Waals surface area contributed by atoms with Crippen LogP contribution in [-0.4, -0.2) is 32.2 Å². The smallest absolute Gasteiger partial charge is 0.252 e. The molecule has 27 heavy (non-hydrogen) atoms. The van der Waals surface area contributed by atoms with Crippen molar-refractivity contribution in [1.29, 1.82) is 0 Å². The van der Waals surface area contributed by atoms with E-state index >= 15 is 0 Å². The molecule has 2 aromatic carbocycles. The lowest BCUT2D eigenvalue weighted by atomic mass is 10.1. The van der Waals surface area contributed by atoms with Gasteiger partial charge < -0.3 is 14.8 Å². The number of carbonyl (C=O) groups excluding carboxylic acids is 2. The van der Waals surface area contributed by atoms with Gasteiger partial charge in [0.05, 0.1) is 20.4 Å². The molecule has 0 saturated carbocycles. The molecule has 0 radical (unpaired) electrons. The van der Waals surface area contributed by atoms with Gasteiger partial charge in [0.25, 0.3) is 5.91 Å². The first kappa shape index (κ1) is 20.4. The topological polar surface area (TPSA) is 89.0 Å². The molecular formula is C19H20BrN3O4. The van der Waals surface area contributed by atoms with Crippen molar-refractivity contribution in [2.45, 2.75) is 6.92 Å². The Morgan fingerprint density at radius 1 is 1.07 bits per heavy atom. The first-order valence-electron chi connectivity index (χ1n) is 8.06. The monoisotopic (exact) mass is 433 g/mol. The number of nitrogens with one attached hydrogen (secondary N) is 2. The van der Waals surface area contributed by atoms with E-state index in [-0.39, 0.29) is 0 Å². The predicted octanol–water partition coefficient (Wildman–Crippen LogP) is 3.19. The van der Waals surface area contributed by atoms with Crippen molar-refractivity contribution in [1.82, 2.24) is 5.43 Å². The van der Waals surface area contributed by atoms with Gasteiger partial charge in [-0.3, -0.25) is 9.59 Å². The van der Waals surface area contributed by atoms with Crippen LogP contribution in [0, 0.1) is 5.92 Å². The lowest BCUT2D eigenvalue weighted by Crippen LogP contribution is -2.34. The van der Waals surface area contributed by atoms with Crippen molar-refractivity contribution < 1.29 is 19.1 Å². The number of nitrogens with zero attached hydrogens (tertiary/aromatic N) is 1. The van der Waals surface area contributed by atoms with Crippen LogP contribution in [-0.2, 0) is 9.59 Å². The number of methoxy groups -OCH3 is 2.